The molecular weight excluding hydrogens is 346 g/mol. The molecule has 0 saturated heterocycles. The molecule has 0 unspecified atom stereocenters. The number of halogens is 1. The third-order valence-electron chi connectivity index (χ3n) is 3.49. The smallest absolute Gasteiger partial charge is 0.234 e. The van der Waals surface area contributed by atoms with Crippen LogP contribution in [0.25, 0.3) is 0 Å². The lowest BCUT2D eigenvalue weighted by atomic mass is 10.2. The molecule has 2 aromatic carbocycles. The second-order valence-corrected chi connectivity index (χ2v) is 6.90. The highest BCUT2D eigenvalue weighted by atomic mass is 35.5. The number of amides is 1. The Morgan fingerprint density at radius 2 is 1.96 bits per heavy atom. The Labute approximate surface area is 150 Å². The van der Waals surface area contributed by atoms with E-state index in [1.54, 1.807) is 23.9 Å². The summed E-state index contributed by atoms with van der Waals surface area (Å²) in [5, 5.41) is 3.27. The molecule has 4 nitrogen and oxygen atoms in total. The Hall–Kier alpha value is -1.85. The topological polar surface area (TPSA) is 47.6 Å². The molecule has 6 heteroatoms. The van der Waals surface area contributed by atoms with Crippen LogP contribution in [0.5, 0.6) is 11.5 Å². The van der Waals surface area contributed by atoms with Gasteiger partial charge in [-0.05, 0) is 12.5 Å². The number of thioether (sulfide) groups is 1. The van der Waals surface area contributed by atoms with E-state index in [1.807, 2.05) is 6.07 Å². The molecule has 24 heavy (non-hydrogen) atoms. The van der Waals surface area contributed by atoms with Crippen LogP contribution in [0.3, 0.4) is 0 Å². The van der Waals surface area contributed by atoms with Gasteiger partial charge in [-0.15, -0.1) is 11.8 Å². The van der Waals surface area contributed by atoms with E-state index >= 15 is 0 Å². The molecule has 3 rings (SSSR count). The largest absolute Gasteiger partial charge is 0.486 e. The van der Waals surface area contributed by atoms with Gasteiger partial charge in [-0.2, -0.15) is 0 Å². The molecule has 0 fully saturated rings. The van der Waals surface area contributed by atoms with Gasteiger partial charge in [0.1, 0.15) is 13.2 Å². The van der Waals surface area contributed by atoms with Crippen molar-refractivity contribution in [3.05, 3.63) is 52.5 Å². The average molecular weight is 364 g/mol. The van der Waals surface area contributed by atoms with Crippen LogP contribution in [-0.4, -0.2) is 24.9 Å². The van der Waals surface area contributed by atoms with Gasteiger partial charge in [0.05, 0.1) is 16.5 Å². The molecule has 1 N–H and O–H groups in total. The number of aryl methyl sites for hydroxylation is 1. The van der Waals surface area contributed by atoms with E-state index in [1.165, 1.54) is 11.1 Å². The zero-order valence-electron chi connectivity index (χ0n) is 13.3. The van der Waals surface area contributed by atoms with E-state index in [4.69, 9.17) is 21.1 Å². The predicted molar refractivity (Wildman–Crippen MR) is 98.4 cm³/mol. The van der Waals surface area contributed by atoms with Crippen molar-refractivity contribution in [2.45, 2.75) is 12.7 Å². The quantitative estimate of drug-likeness (QED) is 0.860. The fourth-order valence-electron chi connectivity index (χ4n) is 2.41. The van der Waals surface area contributed by atoms with E-state index in [9.17, 15) is 4.79 Å². The van der Waals surface area contributed by atoms with Crippen molar-refractivity contribution >= 4 is 35.0 Å². The summed E-state index contributed by atoms with van der Waals surface area (Å²) in [6, 6.07) is 11.7. The van der Waals surface area contributed by atoms with Gasteiger partial charge in [0.25, 0.3) is 0 Å². The first-order chi connectivity index (χ1) is 11.6. The van der Waals surface area contributed by atoms with Gasteiger partial charge in [0, 0.05) is 17.9 Å². The Kier molecular flexibility index (Phi) is 5.53. The summed E-state index contributed by atoms with van der Waals surface area (Å²) in [7, 11) is 0. The van der Waals surface area contributed by atoms with E-state index in [-0.39, 0.29) is 5.91 Å². The van der Waals surface area contributed by atoms with E-state index in [0.717, 1.165) is 5.75 Å². The summed E-state index contributed by atoms with van der Waals surface area (Å²) in [4.78, 5) is 12.1. The number of anilines is 1. The van der Waals surface area contributed by atoms with Crippen LogP contribution < -0.4 is 14.8 Å². The SMILES string of the molecule is Cc1cccc(CSCC(=O)Nc2cc3c(cc2Cl)OCCO3)c1. The van der Waals surface area contributed by atoms with Crippen molar-refractivity contribution in [3.8, 4) is 11.5 Å². The molecule has 1 aliphatic rings. The van der Waals surface area contributed by atoms with Gasteiger partial charge in [0.2, 0.25) is 5.91 Å². The van der Waals surface area contributed by atoms with Crippen molar-refractivity contribution in [1.29, 1.82) is 0 Å². The van der Waals surface area contributed by atoms with Crippen LogP contribution in [0, 0.1) is 6.92 Å². The number of hydrogen-bond donors (Lipinski definition) is 1. The average Bonchev–Trinajstić information content (AvgIpc) is 2.55. The number of benzene rings is 2. The first-order valence-electron chi connectivity index (χ1n) is 7.64. The lowest BCUT2D eigenvalue weighted by Gasteiger charge is -2.20. The molecule has 0 radical (unpaired) electrons. The van der Waals surface area contributed by atoms with Crippen molar-refractivity contribution in [3.63, 3.8) is 0 Å². The van der Waals surface area contributed by atoms with Gasteiger partial charge in [0.15, 0.2) is 11.5 Å². The molecule has 0 aromatic heterocycles. The van der Waals surface area contributed by atoms with Crippen LogP contribution in [0.1, 0.15) is 11.1 Å². The second-order valence-electron chi connectivity index (χ2n) is 5.51. The van der Waals surface area contributed by atoms with Crippen molar-refractivity contribution in [1.82, 2.24) is 0 Å². The summed E-state index contributed by atoms with van der Waals surface area (Å²) >= 11 is 7.76. The fourth-order valence-corrected chi connectivity index (χ4v) is 3.39. The van der Waals surface area contributed by atoms with E-state index in [2.05, 4.69) is 30.4 Å². The molecule has 0 bridgehead atoms. The minimum atomic E-state index is -0.0915. The van der Waals surface area contributed by atoms with Crippen LogP contribution in [0.15, 0.2) is 36.4 Å². The van der Waals surface area contributed by atoms with E-state index < -0.39 is 0 Å². The summed E-state index contributed by atoms with van der Waals surface area (Å²) in [5.74, 6) is 2.28. The summed E-state index contributed by atoms with van der Waals surface area (Å²) in [6.45, 7) is 3.06. The predicted octanol–water partition coefficient (Wildman–Crippen LogP) is 4.29. The van der Waals surface area contributed by atoms with Crippen LogP contribution in [0.2, 0.25) is 5.02 Å². The molecule has 1 aliphatic heterocycles. The maximum absolute atomic E-state index is 12.1. The molecule has 1 heterocycles. The number of ether oxygens (including phenoxy) is 2. The summed E-state index contributed by atoms with van der Waals surface area (Å²) < 4.78 is 11.0. The lowest BCUT2D eigenvalue weighted by molar-refractivity contribution is -0.113. The Balaban J connectivity index is 1.55. The van der Waals surface area contributed by atoms with Crippen molar-refractivity contribution < 1.29 is 14.3 Å². The summed E-state index contributed by atoms with van der Waals surface area (Å²) in [5.41, 5.74) is 2.98. The van der Waals surface area contributed by atoms with Gasteiger partial charge in [-0.1, -0.05) is 41.4 Å². The van der Waals surface area contributed by atoms with Gasteiger partial charge in [-0.3, -0.25) is 4.79 Å². The van der Waals surface area contributed by atoms with Gasteiger partial charge >= 0.3 is 0 Å². The van der Waals surface area contributed by atoms with Crippen LogP contribution in [-0.2, 0) is 10.5 Å². The highest BCUT2D eigenvalue weighted by Crippen LogP contribution is 2.38. The number of nitrogens with one attached hydrogen (secondary N) is 1. The first kappa shape index (κ1) is 17.0. The van der Waals surface area contributed by atoms with Gasteiger partial charge < -0.3 is 14.8 Å². The fraction of sp³-hybridized carbons (Fsp3) is 0.278. The number of carbonyl (C=O) groups excluding carboxylic acids is 1. The highest BCUT2D eigenvalue weighted by molar-refractivity contribution is 7.99. The highest BCUT2D eigenvalue weighted by Gasteiger charge is 2.16. The van der Waals surface area contributed by atoms with Crippen LogP contribution >= 0.6 is 23.4 Å². The Morgan fingerprint density at radius 3 is 2.71 bits per heavy atom. The standard InChI is InChI=1S/C18H18ClNO3S/c1-12-3-2-4-13(7-12)10-24-11-18(21)20-15-9-17-16(8-14(15)19)22-5-6-23-17/h2-4,7-9H,5-6,10-11H2,1H3,(H,20,21). The molecule has 0 atom stereocenters. The molecule has 2 aromatic rings. The van der Waals surface area contributed by atoms with E-state index in [0.29, 0.717) is 41.2 Å². The summed E-state index contributed by atoms with van der Waals surface area (Å²) in [6.07, 6.45) is 0. The minimum absolute atomic E-state index is 0.0915. The Morgan fingerprint density at radius 1 is 1.21 bits per heavy atom. The normalized spacial score (nSPS) is 12.8. The molecule has 0 saturated carbocycles. The molecule has 0 aliphatic carbocycles. The number of hydrogen-bond acceptors (Lipinski definition) is 4. The number of fused-ring (bicyclic) bond motifs is 1. The molecular formula is C18H18ClNO3S. The lowest BCUT2D eigenvalue weighted by Crippen LogP contribution is -2.17. The maximum Gasteiger partial charge on any atom is 0.234 e. The second kappa shape index (κ2) is 7.81. The van der Waals surface area contributed by atoms with Crippen molar-refractivity contribution in [2.75, 3.05) is 24.3 Å². The minimum Gasteiger partial charge on any atom is -0.486 e. The third-order valence-corrected chi connectivity index (χ3v) is 4.81. The first-order valence-corrected chi connectivity index (χ1v) is 9.17. The molecule has 126 valence electrons. The molecule has 1 amide bonds. The van der Waals surface area contributed by atoms with Crippen molar-refractivity contribution in [2.24, 2.45) is 0 Å². The maximum atomic E-state index is 12.1. The molecule has 0 spiro atoms. The number of rotatable bonds is 5. The number of carbonyl (C=O) groups is 1. The third kappa shape index (κ3) is 4.36. The Bertz CT molecular complexity index is 751. The zero-order valence-corrected chi connectivity index (χ0v) is 14.9. The van der Waals surface area contributed by atoms with Gasteiger partial charge in [-0.25, -0.2) is 0 Å². The van der Waals surface area contributed by atoms with Crippen LogP contribution in [0.4, 0.5) is 5.69 Å². The zero-order chi connectivity index (χ0) is 16.9. The monoisotopic (exact) mass is 363 g/mol.